The van der Waals surface area contributed by atoms with Crippen molar-refractivity contribution < 1.29 is 39.1 Å². The summed E-state index contributed by atoms with van der Waals surface area (Å²) in [5.74, 6) is -3.72. The largest absolute Gasteiger partial charge is 0.482 e. The molecule has 9 nitrogen and oxygen atoms in total. The molecule has 1 rings (SSSR count). The van der Waals surface area contributed by atoms with Crippen LogP contribution < -0.4 is 10.5 Å². The van der Waals surface area contributed by atoms with E-state index in [0.717, 1.165) is 0 Å². The second-order valence-corrected chi connectivity index (χ2v) is 7.64. The van der Waals surface area contributed by atoms with E-state index in [1.807, 2.05) is 0 Å². The maximum atomic E-state index is 12.2. The van der Waals surface area contributed by atoms with Crippen molar-refractivity contribution >= 4 is 19.3 Å². The highest BCUT2D eigenvalue weighted by atomic mass is 31.2. The molecule has 24 heavy (non-hydrogen) atoms. The van der Waals surface area contributed by atoms with Gasteiger partial charge in [-0.1, -0.05) is 12.1 Å². The number of aliphatic hydroxyl groups excluding tert-OH is 1. The fourth-order valence-corrected chi connectivity index (χ4v) is 3.42. The lowest BCUT2D eigenvalue weighted by molar-refractivity contribution is -0.140. The smallest absolute Gasteiger partial charge is 0.341 e. The van der Waals surface area contributed by atoms with Crippen LogP contribution in [-0.2, 0) is 14.2 Å². The molecule has 3 atom stereocenters. The molecule has 134 valence electrons. The number of hydrogen-bond donors (Lipinski definition) is 5. The van der Waals surface area contributed by atoms with Gasteiger partial charge >= 0.3 is 11.9 Å². The second-order valence-electron chi connectivity index (χ2n) is 5.19. The van der Waals surface area contributed by atoms with Gasteiger partial charge < -0.3 is 30.7 Å². The van der Waals surface area contributed by atoms with Crippen molar-refractivity contribution in [2.75, 3.05) is 12.8 Å². The minimum atomic E-state index is -3.97. The van der Waals surface area contributed by atoms with Crippen molar-refractivity contribution in [2.24, 2.45) is 5.73 Å². The zero-order chi connectivity index (χ0) is 18.3. The first-order valence-corrected chi connectivity index (χ1v) is 8.97. The standard InChI is InChI=1S/C14H20NO8P/c15-11(13(18)19)2-1-7-24(21,22)14(20)9-3-5-10(6-4-9)23-8-12(16)17/h3-6,11,14,20H,1-2,7-8,15H2,(H,16,17)(H,18,19)(H,21,22)/t11-,14?/m0/s1. The van der Waals surface area contributed by atoms with Gasteiger partial charge in [-0.15, -0.1) is 0 Å². The zero-order valence-corrected chi connectivity index (χ0v) is 13.6. The lowest BCUT2D eigenvalue weighted by Gasteiger charge is -2.19. The number of carboxylic acid groups (broad SMARTS) is 2. The van der Waals surface area contributed by atoms with Gasteiger partial charge in [-0.3, -0.25) is 9.36 Å². The van der Waals surface area contributed by atoms with Crippen LogP contribution in [0.15, 0.2) is 24.3 Å². The van der Waals surface area contributed by atoms with Crippen molar-refractivity contribution in [1.29, 1.82) is 0 Å². The fraction of sp³-hybridized carbons (Fsp3) is 0.429. The Labute approximate surface area is 138 Å². The van der Waals surface area contributed by atoms with Crippen LogP contribution in [-0.4, -0.2) is 51.0 Å². The van der Waals surface area contributed by atoms with E-state index in [0.29, 0.717) is 0 Å². The van der Waals surface area contributed by atoms with Gasteiger partial charge in [0.25, 0.3) is 0 Å². The molecule has 0 aliphatic heterocycles. The Morgan fingerprint density at radius 2 is 1.79 bits per heavy atom. The minimum absolute atomic E-state index is 0.0224. The molecular formula is C14H20NO8P. The normalized spacial score (nSPS) is 16.0. The van der Waals surface area contributed by atoms with Gasteiger partial charge in [0.15, 0.2) is 12.5 Å². The zero-order valence-electron chi connectivity index (χ0n) is 12.7. The number of ether oxygens (including phenoxy) is 1. The Morgan fingerprint density at radius 1 is 1.21 bits per heavy atom. The number of benzene rings is 1. The highest BCUT2D eigenvalue weighted by molar-refractivity contribution is 7.58. The number of aliphatic carboxylic acids is 2. The van der Waals surface area contributed by atoms with Crippen molar-refractivity contribution in [1.82, 2.24) is 0 Å². The van der Waals surface area contributed by atoms with Crippen molar-refractivity contribution in [3.8, 4) is 5.75 Å². The number of nitrogens with two attached hydrogens (primary N) is 1. The molecule has 0 fully saturated rings. The molecule has 10 heteroatoms. The number of carboxylic acids is 2. The predicted molar refractivity (Wildman–Crippen MR) is 84.1 cm³/mol. The molecule has 6 N–H and O–H groups in total. The van der Waals surface area contributed by atoms with Gasteiger partial charge in [0, 0.05) is 6.16 Å². The van der Waals surface area contributed by atoms with Crippen LogP contribution in [0.25, 0.3) is 0 Å². The first-order valence-electron chi connectivity index (χ1n) is 7.06. The molecule has 0 amide bonds. The summed E-state index contributed by atoms with van der Waals surface area (Å²) in [4.78, 5) is 30.9. The van der Waals surface area contributed by atoms with E-state index in [4.69, 9.17) is 20.7 Å². The van der Waals surface area contributed by atoms with Crippen LogP contribution in [0.1, 0.15) is 24.3 Å². The first-order chi connectivity index (χ1) is 11.1. The summed E-state index contributed by atoms with van der Waals surface area (Å²) in [6.45, 7) is -0.524. The van der Waals surface area contributed by atoms with Crippen molar-refractivity contribution in [3.05, 3.63) is 29.8 Å². The number of aliphatic hydroxyl groups is 1. The van der Waals surface area contributed by atoms with E-state index in [1.54, 1.807) is 0 Å². The van der Waals surface area contributed by atoms with E-state index < -0.39 is 37.8 Å². The fourth-order valence-electron chi connectivity index (χ4n) is 1.90. The topological polar surface area (TPSA) is 167 Å². The van der Waals surface area contributed by atoms with Crippen LogP contribution in [0.5, 0.6) is 5.75 Å². The Hall–Kier alpha value is -1.93. The molecule has 0 aliphatic carbocycles. The van der Waals surface area contributed by atoms with Gasteiger partial charge in [0.2, 0.25) is 7.37 Å². The Bertz CT molecular complexity index is 618. The summed E-state index contributed by atoms with van der Waals surface area (Å²) in [5, 5.41) is 27.2. The third kappa shape index (κ3) is 6.29. The number of hydrogen-bond acceptors (Lipinski definition) is 6. The highest BCUT2D eigenvalue weighted by Crippen LogP contribution is 2.54. The Kier molecular flexibility index (Phi) is 7.37. The van der Waals surface area contributed by atoms with E-state index in [1.165, 1.54) is 24.3 Å². The summed E-state index contributed by atoms with van der Waals surface area (Å²) in [6.07, 6.45) is -0.168. The molecule has 0 radical (unpaired) electrons. The SMILES string of the molecule is N[C@@H](CCCP(=O)(O)C(O)c1ccc(OCC(=O)O)cc1)C(=O)O. The van der Waals surface area contributed by atoms with Crippen LogP contribution in [0.2, 0.25) is 0 Å². The average Bonchev–Trinajstić information content (AvgIpc) is 2.52. The lowest BCUT2D eigenvalue weighted by Crippen LogP contribution is -2.30. The van der Waals surface area contributed by atoms with Crippen LogP contribution in [0.3, 0.4) is 0 Å². The van der Waals surface area contributed by atoms with Crippen molar-refractivity contribution in [2.45, 2.75) is 24.7 Å². The molecule has 1 aromatic rings. The molecule has 0 bridgehead atoms. The van der Waals surface area contributed by atoms with Gasteiger partial charge in [-0.2, -0.15) is 0 Å². The van der Waals surface area contributed by atoms with E-state index >= 15 is 0 Å². The highest BCUT2D eigenvalue weighted by Gasteiger charge is 2.30. The lowest BCUT2D eigenvalue weighted by atomic mass is 10.2. The van der Waals surface area contributed by atoms with Gasteiger partial charge in [-0.05, 0) is 30.5 Å². The quantitative estimate of drug-likeness (QED) is 0.375. The molecule has 0 heterocycles. The molecule has 0 saturated heterocycles. The average molecular weight is 361 g/mol. The predicted octanol–water partition coefficient (Wildman–Crippen LogP) is 0.603. The maximum Gasteiger partial charge on any atom is 0.341 e. The summed E-state index contributed by atoms with van der Waals surface area (Å²) in [5.41, 5.74) is 5.48. The molecule has 0 saturated carbocycles. The minimum Gasteiger partial charge on any atom is -0.482 e. The van der Waals surface area contributed by atoms with E-state index in [2.05, 4.69) is 0 Å². The van der Waals surface area contributed by atoms with E-state index in [9.17, 15) is 24.2 Å². The number of rotatable bonds is 10. The van der Waals surface area contributed by atoms with Gasteiger partial charge in [0.1, 0.15) is 11.8 Å². The molecular weight excluding hydrogens is 341 g/mol. The number of carbonyl (C=O) groups is 2. The monoisotopic (exact) mass is 361 g/mol. The maximum absolute atomic E-state index is 12.2. The third-order valence-corrected chi connectivity index (χ3v) is 5.25. The van der Waals surface area contributed by atoms with E-state index in [-0.39, 0.29) is 30.3 Å². The summed E-state index contributed by atoms with van der Waals surface area (Å²) in [6, 6.07) is 4.35. The summed E-state index contributed by atoms with van der Waals surface area (Å²) in [7, 11) is -3.97. The third-order valence-electron chi connectivity index (χ3n) is 3.23. The molecule has 1 aromatic carbocycles. The van der Waals surface area contributed by atoms with Gasteiger partial charge in [-0.25, -0.2) is 4.79 Å². The van der Waals surface area contributed by atoms with Crippen LogP contribution in [0.4, 0.5) is 0 Å². The molecule has 0 aliphatic rings. The molecule has 0 aromatic heterocycles. The van der Waals surface area contributed by atoms with Crippen LogP contribution in [0, 0.1) is 0 Å². The van der Waals surface area contributed by atoms with Gasteiger partial charge in [0.05, 0.1) is 0 Å². The summed E-state index contributed by atoms with van der Waals surface area (Å²) >= 11 is 0. The van der Waals surface area contributed by atoms with Crippen molar-refractivity contribution in [3.63, 3.8) is 0 Å². The first kappa shape index (κ1) is 20.1. The second kappa shape index (κ2) is 8.79. The van der Waals surface area contributed by atoms with Crippen LogP contribution >= 0.6 is 7.37 Å². The molecule has 0 spiro atoms. The Balaban J connectivity index is 2.63. The Morgan fingerprint density at radius 3 is 2.29 bits per heavy atom. The summed E-state index contributed by atoms with van der Waals surface area (Å²) < 4.78 is 17.1. The molecule has 2 unspecified atom stereocenters.